The topological polar surface area (TPSA) is 89.9 Å². The molecule has 34 heavy (non-hydrogen) atoms. The highest BCUT2D eigenvalue weighted by molar-refractivity contribution is 6.35. The van der Waals surface area contributed by atoms with E-state index in [1.54, 1.807) is 12.1 Å². The fraction of sp³-hybridized carbons (Fsp3) is 0.217. The average Bonchev–Trinajstić information content (AvgIpc) is 3.37. The molecule has 0 atom stereocenters. The largest absolute Gasteiger partial charge is 0.433 e. The molecule has 0 aliphatic carbocycles. The smallest absolute Gasteiger partial charge is 0.383 e. The summed E-state index contributed by atoms with van der Waals surface area (Å²) >= 11 is 6.79. The molecule has 0 saturated carbocycles. The minimum Gasteiger partial charge on any atom is -0.383 e. The number of anilines is 2. The van der Waals surface area contributed by atoms with Crippen molar-refractivity contribution < 1.29 is 18.0 Å². The van der Waals surface area contributed by atoms with E-state index in [4.69, 9.17) is 17.3 Å². The van der Waals surface area contributed by atoms with Crippen molar-refractivity contribution in [3.05, 3.63) is 64.8 Å². The van der Waals surface area contributed by atoms with Gasteiger partial charge in [-0.1, -0.05) is 23.7 Å². The predicted molar refractivity (Wildman–Crippen MR) is 122 cm³/mol. The van der Waals surface area contributed by atoms with E-state index in [0.29, 0.717) is 40.5 Å². The Morgan fingerprint density at radius 2 is 1.97 bits per heavy atom. The standard InChI is InChI=1S/C23H18ClF3N6O/c1-32-10-15(19-21(28)29-11-30-22(19)32)13-5-6-16-14(20(13)24)7-8-33(16)18(34)9-12-3-2-4-17(31-12)23(25,26)27/h2-6,10-11H,7-9H2,1H3,(H2,28,29,30). The first-order valence-corrected chi connectivity index (χ1v) is 10.7. The maximum absolute atomic E-state index is 13.0. The van der Waals surface area contributed by atoms with Gasteiger partial charge in [0.25, 0.3) is 0 Å². The van der Waals surface area contributed by atoms with E-state index in [0.717, 1.165) is 22.8 Å². The summed E-state index contributed by atoms with van der Waals surface area (Å²) in [5, 5.41) is 1.18. The SMILES string of the molecule is Cn1cc(-c2ccc3c(c2Cl)CCN3C(=O)Cc2cccc(C(F)(F)F)n2)c2c(N)ncnc21. The number of alkyl halides is 3. The van der Waals surface area contributed by atoms with E-state index in [1.165, 1.54) is 23.4 Å². The summed E-state index contributed by atoms with van der Waals surface area (Å²) < 4.78 is 40.7. The van der Waals surface area contributed by atoms with Crippen molar-refractivity contribution in [3.63, 3.8) is 0 Å². The zero-order valence-electron chi connectivity index (χ0n) is 17.9. The number of pyridine rings is 1. The van der Waals surface area contributed by atoms with Crippen LogP contribution in [0.5, 0.6) is 0 Å². The van der Waals surface area contributed by atoms with Crippen LogP contribution in [-0.4, -0.2) is 32.0 Å². The number of nitrogens with zero attached hydrogens (tertiary/aromatic N) is 5. The molecule has 3 aromatic heterocycles. The highest BCUT2D eigenvalue weighted by Gasteiger charge is 2.33. The highest BCUT2D eigenvalue weighted by atomic mass is 35.5. The molecule has 5 rings (SSSR count). The molecule has 1 aliphatic heterocycles. The second-order valence-corrected chi connectivity index (χ2v) is 8.40. The monoisotopic (exact) mass is 486 g/mol. The second kappa shape index (κ2) is 7.98. The van der Waals surface area contributed by atoms with E-state index in [-0.39, 0.29) is 18.0 Å². The molecule has 4 heterocycles. The number of hydrogen-bond acceptors (Lipinski definition) is 5. The Labute approximate surface area is 197 Å². The average molecular weight is 487 g/mol. The van der Waals surface area contributed by atoms with Crippen LogP contribution in [0.4, 0.5) is 24.7 Å². The van der Waals surface area contributed by atoms with Crippen LogP contribution in [0.25, 0.3) is 22.2 Å². The summed E-state index contributed by atoms with van der Waals surface area (Å²) in [4.78, 5) is 26.5. The first kappa shape index (κ1) is 22.1. The van der Waals surface area contributed by atoms with Crippen LogP contribution in [0, 0.1) is 0 Å². The maximum atomic E-state index is 13.0. The fourth-order valence-corrected chi connectivity index (χ4v) is 4.69. The zero-order valence-corrected chi connectivity index (χ0v) is 18.7. The van der Waals surface area contributed by atoms with Gasteiger partial charge in [0.1, 0.15) is 23.5 Å². The zero-order chi connectivity index (χ0) is 24.2. The summed E-state index contributed by atoms with van der Waals surface area (Å²) in [6.45, 7) is 0.372. The third kappa shape index (κ3) is 3.63. The molecule has 0 unspecified atom stereocenters. The van der Waals surface area contributed by atoms with Crippen LogP contribution in [0.2, 0.25) is 5.02 Å². The number of nitrogen functional groups attached to an aromatic ring is 1. The van der Waals surface area contributed by atoms with Gasteiger partial charge >= 0.3 is 6.18 Å². The highest BCUT2D eigenvalue weighted by Crippen LogP contribution is 2.43. The molecule has 1 amide bonds. The van der Waals surface area contributed by atoms with Crippen molar-refractivity contribution in [2.24, 2.45) is 7.05 Å². The molecular formula is C23H18ClF3N6O. The van der Waals surface area contributed by atoms with Crippen LogP contribution >= 0.6 is 11.6 Å². The molecule has 7 nitrogen and oxygen atoms in total. The van der Waals surface area contributed by atoms with Crippen molar-refractivity contribution in [2.45, 2.75) is 19.0 Å². The normalized spacial score (nSPS) is 13.5. The summed E-state index contributed by atoms with van der Waals surface area (Å²) in [6, 6.07) is 7.13. The lowest BCUT2D eigenvalue weighted by molar-refractivity contribution is -0.141. The molecule has 1 aromatic carbocycles. The van der Waals surface area contributed by atoms with Gasteiger partial charge in [-0.25, -0.2) is 15.0 Å². The molecule has 1 aliphatic rings. The second-order valence-electron chi connectivity index (χ2n) is 8.02. The lowest BCUT2D eigenvalue weighted by atomic mass is 10.0. The van der Waals surface area contributed by atoms with Crippen molar-refractivity contribution in [1.29, 1.82) is 0 Å². The third-order valence-corrected chi connectivity index (χ3v) is 6.33. The lowest BCUT2D eigenvalue weighted by Gasteiger charge is -2.18. The molecule has 0 radical (unpaired) electrons. The minimum absolute atomic E-state index is 0.0576. The number of hydrogen-bond donors (Lipinski definition) is 1. The van der Waals surface area contributed by atoms with Gasteiger partial charge in [0.2, 0.25) is 5.91 Å². The molecule has 4 aromatic rings. The van der Waals surface area contributed by atoms with Gasteiger partial charge < -0.3 is 15.2 Å². The molecule has 11 heteroatoms. The van der Waals surface area contributed by atoms with Crippen LogP contribution in [0.1, 0.15) is 17.0 Å². The van der Waals surface area contributed by atoms with Gasteiger partial charge in [-0.05, 0) is 30.2 Å². The van der Waals surface area contributed by atoms with Crippen LogP contribution in [0.3, 0.4) is 0 Å². The van der Waals surface area contributed by atoms with E-state index >= 15 is 0 Å². The quantitative estimate of drug-likeness (QED) is 0.463. The fourth-order valence-electron chi connectivity index (χ4n) is 4.34. The first-order chi connectivity index (χ1) is 16.1. The summed E-state index contributed by atoms with van der Waals surface area (Å²) in [5.74, 6) is -0.0141. The Morgan fingerprint density at radius 1 is 1.18 bits per heavy atom. The van der Waals surface area contributed by atoms with Gasteiger partial charge in [0.05, 0.1) is 22.5 Å². The van der Waals surface area contributed by atoms with Gasteiger partial charge in [-0.2, -0.15) is 13.2 Å². The van der Waals surface area contributed by atoms with Gasteiger partial charge in [-0.15, -0.1) is 0 Å². The lowest BCUT2D eigenvalue weighted by Crippen LogP contribution is -2.30. The van der Waals surface area contributed by atoms with Crippen molar-refractivity contribution in [2.75, 3.05) is 17.2 Å². The van der Waals surface area contributed by atoms with Gasteiger partial charge in [0.15, 0.2) is 0 Å². The first-order valence-electron chi connectivity index (χ1n) is 10.4. The summed E-state index contributed by atoms with van der Waals surface area (Å²) in [6.07, 6.45) is -1.03. The van der Waals surface area contributed by atoms with Gasteiger partial charge in [-0.3, -0.25) is 4.79 Å². The minimum atomic E-state index is -4.57. The number of carbonyl (C=O) groups excluding carboxylic acids is 1. The Balaban J connectivity index is 1.47. The van der Waals surface area contributed by atoms with E-state index in [1.807, 2.05) is 17.8 Å². The number of rotatable bonds is 3. The Morgan fingerprint density at radius 3 is 2.74 bits per heavy atom. The number of benzene rings is 1. The predicted octanol–water partition coefficient (Wildman–Crippen LogP) is 4.42. The maximum Gasteiger partial charge on any atom is 0.433 e. The molecule has 0 bridgehead atoms. The van der Waals surface area contributed by atoms with Crippen molar-refractivity contribution in [1.82, 2.24) is 19.5 Å². The molecule has 0 fully saturated rings. The molecule has 174 valence electrons. The van der Waals surface area contributed by atoms with Gasteiger partial charge in [0, 0.05) is 36.6 Å². The van der Waals surface area contributed by atoms with Crippen LogP contribution in [0.15, 0.2) is 42.9 Å². The van der Waals surface area contributed by atoms with E-state index < -0.39 is 11.9 Å². The number of nitrogens with two attached hydrogens (primary N) is 1. The van der Waals surface area contributed by atoms with Crippen LogP contribution in [-0.2, 0) is 30.9 Å². The van der Waals surface area contributed by atoms with Crippen LogP contribution < -0.4 is 10.6 Å². The molecule has 0 saturated heterocycles. The van der Waals surface area contributed by atoms with Crippen molar-refractivity contribution >= 4 is 40.0 Å². The van der Waals surface area contributed by atoms with Crippen molar-refractivity contribution in [3.8, 4) is 11.1 Å². The number of aryl methyl sites for hydroxylation is 1. The number of halogens is 4. The number of fused-ring (bicyclic) bond motifs is 2. The molecule has 2 N–H and O–H groups in total. The number of aromatic nitrogens is 4. The molecular weight excluding hydrogens is 469 g/mol. The number of carbonyl (C=O) groups is 1. The Hall–Kier alpha value is -3.66. The summed E-state index contributed by atoms with van der Waals surface area (Å²) in [5.41, 5.74) is 8.75. The Kier molecular flexibility index (Phi) is 5.20. The third-order valence-electron chi connectivity index (χ3n) is 5.90. The van der Waals surface area contributed by atoms with E-state index in [9.17, 15) is 18.0 Å². The van der Waals surface area contributed by atoms with E-state index in [2.05, 4.69) is 15.0 Å². The Bertz CT molecular complexity index is 1450. The molecule has 0 spiro atoms. The summed E-state index contributed by atoms with van der Waals surface area (Å²) in [7, 11) is 1.85. The number of amides is 1.